The van der Waals surface area contributed by atoms with Crippen LogP contribution in [0.25, 0.3) is 39.0 Å². The van der Waals surface area contributed by atoms with Crippen molar-refractivity contribution in [2.45, 2.75) is 11.3 Å². The molecule has 3 aromatic heterocycles. The zero-order valence-electron chi connectivity index (χ0n) is 20.1. The molecule has 0 spiro atoms. The minimum absolute atomic E-state index is 0.0307. The first-order valence-electron chi connectivity index (χ1n) is 11.7. The van der Waals surface area contributed by atoms with Gasteiger partial charge in [0, 0.05) is 22.9 Å². The molecular weight excluding hydrogens is 536 g/mol. The average Bonchev–Trinajstić information content (AvgIpc) is 3.70. The molecule has 0 atom stereocenters. The van der Waals surface area contributed by atoms with Gasteiger partial charge in [-0.2, -0.15) is 9.90 Å². The molecule has 4 N–H and O–H groups in total. The van der Waals surface area contributed by atoms with Crippen LogP contribution in [0.1, 0.15) is 11.1 Å². The number of benzene rings is 3. The van der Waals surface area contributed by atoms with E-state index in [1.807, 2.05) is 54.6 Å². The normalized spacial score (nSPS) is 11.6. The number of aromatic amines is 2. The van der Waals surface area contributed by atoms with Gasteiger partial charge in [-0.1, -0.05) is 66.7 Å². The van der Waals surface area contributed by atoms with E-state index < -0.39 is 10.0 Å². The largest absolute Gasteiger partial charge is 0.288 e. The summed E-state index contributed by atoms with van der Waals surface area (Å²) in [4.78, 5) is 18.3. The van der Waals surface area contributed by atoms with E-state index in [0.29, 0.717) is 33.5 Å². The van der Waals surface area contributed by atoms with Crippen molar-refractivity contribution in [3.63, 3.8) is 0 Å². The van der Waals surface area contributed by atoms with E-state index in [2.05, 4.69) is 30.7 Å². The molecule has 194 valence electrons. The standard InChI is InChI=1S/C26H20N8O3S2/c27-39(36,37)22-12-5-4-9-18(22)14-20-23(19-11-6-10-17(13-19)16-7-2-1-3-8-16)31-34(25(20)35)26-28-21(15-38-26)24-29-32-33-30-24/h1-13,15,31H,14H2,(H2,27,36,37)(H,29,30,32,33). The molecule has 11 nitrogen and oxygen atoms in total. The quantitative estimate of drug-likeness (QED) is 0.271. The van der Waals surface area contributed by atoms with E-state index in [9.17, 15) is 13.2 Å². The third-order valence-electron chi connectivity index (χ3n) is 6.15. The lowest BCUT2D eigenvalue weighted by atomic mass is 9.98. The zero-order valence-corrected chi connectivity index (χ0v) is 21.8. The van der Waals surface area contributed by atoms with Crippen molar-refractivity contribution < 1.29 is 8.42 Å². The lowest BCUT2D eigenvalue weighted by Crippen LogP contribution is -2.19. The molecule has 0 aliphatic carbocycles. The summed E-state index contributed by atoms with van der Waals surface area (Å²) < 4.78 is 25.9. The minimum atomic E-state index is -4.01. The van der Waals surface area contributed by atoms with Crippen LogP contribution in [-0.2, 0) is 16.4 Å². The van der Waals surface area contributed by atoms with Crippen LogP contribution in [0.4, 0.5) is 0 Å². The number of thiazole rings is 1. The van der Waals surface area contributed by atoms with Crippen molar-refractivity contribution in [2.24, 2.45) is 5.14 Å². The van der Waals surface area contributed by atoms with E-state index >= 15 is 0 Å². The van der Waals surface area contributed by atoms with Crippen LogP contribution in [-0.4, -0.2) is 43.8 Å². The summed E-state index contributed by atoms with van der Waals surface area (Å²) in [6.07, 6.45) is 0.0307. The molecule has 0 saturated carbocycles. The molecule has 0 bridgehead atoms. The Kier molecular flexibility index (Phi) is 6.23. The van der Waals surface area contributed by atoms with Gasteiger partial charge < -0.3 is 0 Å². The number of hydrogen-bond donors (Lipinski definition) is 3. The molecule has 0 radical (unpaired) electrons. The molecule has 0 aliphatic rings. The number of rotatable bonds is 7. The molecule has 39 heavy (non-hydrogen) atoms. The topological polar surface area (TPSA) is 165 Å². The number of nitrogens with one attached hydrogen (secondary N) is 2. The van der Waals surface area contributed by atoms with Crippen molar-refractivity contribution in [1.29, 1.82) is 0 Å². The highest BCUT2D eigenvalue weighted by Gasteiger charge is 2.23. The second-order valence-electron chi connectivity index (χ2n) is 8.63. The summed E-state index contributed by atoms with van der Waals surface area (Å²) in [5, 5.41) is 24.6. The van der Waals surface area contributed by atoms with E-state index in [1.165, 1.54) is 22.1 Å². The summed E-state index contributed by atoms with van der Waals surface area (Å²) in [6, 6.07) is 24.0. The summed E-state index contributed by atoms with van der Waals surface area (Å²) in [7, 11) is -4.01. The fraction of sp³-hybridized carbons (Fsp3) is 0.0385. The van der Waals surface area contributed by atoms with E-state index in [1.54, 1.807) is 23.6 Å². The third-order valence-corrected chi connectivity index (χ3v) is 7.99. The predicted molar refractivity (Wildman–Crippen MR) is 147 cm³/mol. The maximum Gasteiger partial charge on any atom is 0.277 e. The van der Waals surface area contributed by atoms with Crippen LogP contribution in [0.15, 0.2) is 93.9 Å². The Labute approximate surface area is 226 Å². The van der Waals surface area contributed by atoms with E-state index in [-0.39, 0.29) is 16.9 Å². The fourth-order valence-corrected chi connectivity index (χ4v) is 5.89. The van der Waals surface area contributed by atoms with Gasteiger partial charge in [0.25, 0.3) is 5.56 Å². The highest BCUT2D eigenvalue weighted by Crippen LogP contribution is 2.30. The maximum absolute atomic E-state index is 13.8. The number of hydrogen-bond acceptors (Lipinski definition) is 8. The van der Waals surface area contributed by atoms with Crippen molar-refractivity contribution in [3.05, 3.63) is 106 Å². The monoisotopic (exact) mass is 556 g/mol. The van der Waals surface area contributed by atoms with E-state index in [0.717, 1.165) is 16.7 Å². The number of nitrogens with two attached hydrogens (primary N) is 1. The number of aromatic nitrogens is 7. The lowest BCUT2D eigenvalue weighted by molar-refractivity contribution is 0.597. The molecule has 3 aromatic carbocycles. The van der Waals surface area contributed by atoms with Gasteiger partial charge in [0.05, 0.1) is 10.6 Å². The van der Waals surface area contributed by atoms with Crippen molar-refractivity contribution in [3.8, 4) is 39.0 Å². The Hall–Kier alpha value is -4.72. The molecular formula is C26H20N8O3S2. The molecule has 0 fully saturated rings. The number of tetrazole rings is 1. The SMILES string of the molecule is NS(=O)(=O)c1ccccc1Cc1c(-c2cccc(-c3ccccc3)c2)[nH]n(-c2nc(-c3nn[nH]n3)cs2)c1=O. The third kappa shape index (κ3) is 4.81. The first-order chi connectivity index (χ1) is 18.9. The van der Waals surface area contributed by atoms with Crippen LogP contribution in [0.3, 0.4) is 0 Å². The zero-order chi connectivity index (χ0) is 27.0. The molecule has 0 saturated heterocycles. The van der Waals surface area contributed by atoms with Crippen LogP contribution in [0.5, 0.6) is 0 Å². The smallest absolute Gasteiger partial charge is 0.277 e. The summed E-state index contributed by atoms with van der Waals surface area (Å²) >= 11 is 1.23. The molecule has 0 unspecified atom stereocenters. The van der Waals surface area contributed by atoms with Gasteiger partial charge in [-0.25, -0.2) is 18.5 Å². The highest BCUT2D eigenvalue weighted by molar-refractivity contribution is 7.89. The molecule has 0 amide bonds. The summed E-state index contributed by atoms with van der Waals surface area (Å²) in [5.41, 5.74) is 4.15. The van der Waals surface area contributed by atoms with Crippen LogP contribution < -0.4 is 10.7 Å². The second kappa shape index (κ2) is 9.87. The first-order valence-corrected chi connectivity index (χ1v) is 14.1. The number of nitrogens with zero attached hydrogens (tertiary/aromatic N) is 5. The van der Waals surface area contributed by atoms with Gasteiger partial charge in [-0.3, -0.25) is 9.89 Å². The molecule has 3 heterocycles. The van der Waals surface area contributed by atoms with Gasteiger partial charge in [0.1, 0.15) is 5.69 Å². The Balaban J connectivity index is 1.52. The Morgan fingerprint density at radius 2 is 1.67 bits per heavy atom. The predicted octanol–water partition coefficient (Wildman–Crippen LogP) is 3.37. The molecule has 6 rings (SSSR count). The fourth-order valence-electron chi connectivity index (χ4n) is 4.35. The Bertz CT molecular complexity index is 1940. The summed E-state index contributed by atoms with van der Waals surface area (Å²) in [6.45, 7) is 0. The van der Waals surface area contributed by atoms with Crippen molar-refractivity contribution in [1.82, 2.24) is 35.4 Å². The molecule has 13 heteroatoms. The number of sulfonamides is 1. The average molecular weight is 557 g/mol. The second-order valence-corrected chi connectivity index (χ2v) is 11.0. The molecule has 0 aliphatic heterocycles. The van der Waals surface area contributed by atoms with Gasteiger partial charge in [-0.15, -0.1) is 21.5 Å². The van der Waals surface area contributed by atoms with Gasteiger partial charge in [-0.05, 0) is 34.0 Å². The Morgan fingerprint density at radius 3 is 2.44 bits per heavy atom. The number of H-pyrrole nitrogens is 2. The van der Waals surface area contributed by atoms with E-state index in [4.69, 9.17) is 5.14 Å². The number of primary sulfonamides is 1. The van der Waals surface area contributed by atoms with Gasteiger partial charge in [0.15, 0.2) is 0 Å². The lowest BCUT2D eigenvalue weighted by Gasteiger charge is -2.09. The Morgan fingerprint density at radius 1 is 0.923 bits per heavy atom. The summed E-state index contributed by atoms with van der Waals surface area (Å²) in [5.74, 6) is 0.301. The first kappa shape index (κ1) is 24.6. The molecule has 6 aromatic rings. The highest BCUT2D eigenvalue weighted by atomic mass is 32.2. The maximum atomic E-state index is 13.8. The van der Waals surface area contributed by atoms with Crippen molar-refractivity contribution in [2.75, 3.05) is 0 Å². The van der Waals surface area contributed by atoms with Gasteiger partial charge >= 0.3 is 0 Å². The van der Waals surface area contributed by atoms with Crippen LogP contribution in [0.2, 0.25) is 0 Å². The van der Waals surface area contributed by atoms with Crippen molar-refractivity contribution >= 4 is 21.4 Å². The van der Waals surface area contributed by atoms with Gasteiger partial charge in [0.2, 0.25) is 21.0 Å². The van der Waals surface area contributed by atoms with Crippen LogP contribution >= 0.6 is 11.3 Å². The minimum Gasteiger partial charge on any atom is -0.288 e. The van der Waals surface area contributed by atoms with Crippen LogP contribution in [0, 0.1) is 0 Å².